The van der Waals surface area contributed by atoms with E-state index in [-0.39, 0.29) is 47.0 Å². The number of piperazine rings is 1. The summed E-state index contributed by atoms with van der Waals surface area (Å²) in [4.78, 5) is 22.1. The number of amides is 1. The van der Waals surface area contributed by atoms with Gasteiger partial charge in [-0.2, -0.15) is 0 Å². The van der Waals surface area contributed by atoms with Gasteiger partial charge in [0.2, 0.25) is 5.88 Å². The van der Waals surface area contributed by atoms with Crippen LogP contribution in [0, 0.1) is 5.82 Å². The van der Waals surface area contributed by atoms with Gasteiger partial charge in [0.15, 0.2) is 5.75 Å². The lowest BCUT2D eigenvalue weighted by Crippen LogP contribution is -2.49. The number of halogens is 1. The number of phenols is 1. The molecule has 5 rings (SSSR count). The van der Waals surface area contributed by atoms with E-state index >= 15 is 0 Å². The van der Waals surface area contributed by atoms with Gasteiger partial charge < -0.3 is 28.7 Å². The zero-order chi connectivity index (χ0) is 27.7. The minimum Gasteiger partial charge on any atom is -0.505 e. The second-order valence-corrected chi connectivity index (χ2v) is 11.9. The molecule has 0 bridgehead atoms. The Kier molecular flexibility index (Phi) is 7.59. The fourth-order valence-electron chi connectivity index (χ4n) is 5.02. The predicted octanol–water partition coefficient (Wildman–Crippen LogP) is 4.03. The van der Waals surface area contributed by atoms with E-state index in [0.717, 1.165) is 5.56 Å². The molecule has 2 aromatic heterocycles. The van der Waals surface area contributed by atoms with Gasteiger partial charge in [0.1, 0.15) is 11.3 Å². The van der Waals surface area contributed by atoms with Crippen molar-refractivity contribution in [1.29, 1.82) is 0 Å². The van der Waals surface area contributed by atoms with Crippen molar-refractivity contribution in [3.05, 3.63) is 65.7 Å². The summed E-state index contributed by atoms with van der Waals surface area (Å²) in [5.41, 5.74) is 1.30. The van der Waals surface area contributed by atoms with Crippen LogP contribution in [0.15, 0.2) is 48.8 Å². The van der Waals surface area contributed by atoms with E-state index in [1.165, 1.54) is 37.1 Å². The molecule has 1 aliphatic heterocycles. The van der Waals surface area contributed by atoms with Crippen LogP contribution in [0.1, 0.15) is 15.9 Å². The molecule has 1 fully saturated rings. The minimum atomic E-state index is -3.12. The Hall–Kier alpha value is -3.50. The van der Waals surface area contributed by atoms with E-state index in [0.29, 0.717) is 49.1 Å². The summed E-state index contributed by atoms with van der Waals surface area (Å²) in [6.07, 6.45) is 3.41. The number of fused-ring (bicyclic) bond motifs is 2. The summed E-state index contributed by atoms with van der Waals surface area (Å²) in [5, 5.41) is 23.2. The Balaban J connectivity index is 1.46. The number of pyridine rings is 1. The van der Waals surface area contributed by atoms with Crippen LogP contribution in [0.25, 0.3) is 21.7 Å². The first kappa shape index (κ1) is 27.1. The molecule has 0 radical (unpaired) electrons. The largest absolute Gasteiger partial charge is 0.505 e. The number of aromatic hydroxyl groups is 2. The van der Waals surface area contributed by atoms with Crippen molar-refractivity contribution in [3.63, 3.8) is 0 Å². The van der Waals surface area contributed by atoms with Crippen molar-refractivity contribution in [2.75, 3.05) is 53.1 Å². The van der Waals surface area contributed by atoms with Crippen molar-refractivity contribution in [3.8, 4) is 11.6 Å². The van der Waals surface area contributed by atoms with Crippen LogP contribution >= 0.6 is 7.60 Å². The Bertz CT molecular complexity index is 1560. The maximum atomic E-state index is 14.0. The number of hydrogen-bond acceptors (Lipinski definition) is 8. The van der Waals surface area contributed by atoms with Crippen molar-refractivity contribution in [2.45, 2.75) is 6.54 Å². The summed E-state index contributed by atoms with van der Waals surface area (Å²) < 4.78 is 37.3. The fraction of sp³-hybridized carbons (Fsp3) is 0.333. The molecule has 4 aromatic rings. The summed E-state index contributed by atoms with van der Waals surface area (Å²) in [6, 6.07) is 9.32. The molecule has 2 aromatic carbocycles. The van der Waals surface area contributed by atoms with E-state index in [4.69, 9.17) is 9.05 Å². The molecular formula is C27H30FN4O6P. The number of rotatable bonds is 8. The molecule has 2 N–H and O–H groups in total. The molecule has 12 heteroatoms. The molecule has 1 amide bonds. The summed E-state index contributed by atoms with van der Waals surface area (Å²) >= 11 is 0. The quantitative estimate of drug-likeness (QED) is 0.313. The average molecular weight is 557 g/mol. The van der Waals surface area contributed by atoms with Crippen LogP contribution in [0.3, 0.4) is 0 Å². The normalized spacial score (nSPS) is 14.9. The molecule has 3 heterocycles. The highest BCUT2D eigenvalue weighted by atomic mass is 31.2. The molecule has 206 valence electrons. The maximum Gasteiger partial charge on any atom is 0.331 e. The Morgan fingerprint density at radius 2 is 1.74 bits per heavy atom. The Morgan fingerprint density at radius 3 is 2.41 bits per heavy atom. The molecule has 1 saturated heterocycles. The lowest BCUT2D eigenvalue weighted by molar-refractivity contribution is 0.0645. The summed E-state index contributed by atoms with van der Waals surface area (Å²) in [5.74, 6) is -1.02. The van der Waals surface area contributed by atoms with Crippen LogP contribution in [0.2, 0.25) is 0 Å². The molecule has 0 aliphatic carbocycles. The first-order valence-corrected chi connectivity index (χ1v) is 14.3. The van der Waals surface area contributed by atoms with Gasteiger partial charge >= 0.3 is 7.60 Å². The smallest absolute Gasteiger partial charge is 0.331 e. The molecule has 1 aliphatic rings. The summed E-state index contributed by atoms with van der Waals surface area (Å²) in [6.45, 7) is 2.76. The zero-order valence-electron chi connectivity index (χ0n) is 21.7. The number of nitrogens with zero attached hydrogens (tertiary/aromatic N) is 4. The second kappa shape index (κ2) is 10.9. The lowest BCUT2D eigenvalue weighted by Gasteiger charge is -2.35. The monoisotopic (exact) mass is 556 g/mol. The van der Waals surface area contributed by atoms with Gasteiger partial charge in [-0.25, -0.2) is 4.39 Å². The minimum absolute atomic E-state index is 0.139. The van der Waals surface area contributed by atoms with Gasteiger partial charge in [0.05, 0.1) is 23.7 Å². The van der Waals surface area contributed by atoms with E-state index in [1.807, 2.05) is 0 Å². The first-order chi connectivity index (χ1) is 18.7. The predicted molar refractivity (Wildman–Crippen MR) is 145 cm³/mol. The third kappa shape index (κ3) is 5.23. The van der Waals surface area contributed by atoms with E-state index in [1.54, 1.807) is 35.4 Å². The molecule has 0 unspecified atom stereocenters. The van der Waals surface area contributed by atoms with Gasteiger partial charge in [0, 0.05) is 70.1 Å². The van der Waals surface area contributed by atoms with Crippen LogP contribution < -0.4 is 0 Å². The standard InChI is InChI=1S/C27H30FN4O6P/c1-37-39(36,38-2)15-14-30-10-12-31(13-11-30)26(34)22-20-4-3-9-29-24(20)25(33)23-21(22)17-32(27(23)35)16-18-5-7-19(28)8-6-18/h3-9,17,33,35H,10-16H2,1-2H3. The number of aromatic nitrogens is 2. The fourth-order valence-corrected chi connectivity index (χ4v) is 6.06. The molecular weight excluding hydrogens is 526 g/mol. The van der Waals surface area contributed by atoms with Gasteiger partial charge in [-0.1, -0.05) is 18.2 Å². The SMILES string of the molecule is COP(=O)(CCN1CCN(C(=O)c2c3cccnc3c(O)c3c(O)n(Cc4ccc(F)cc4)cc23)CC1)OC. The van der Waals surface area contributed by atoms with Crippen molar-refractivity contribution < 1.29 is 33.0 Å². The second-order valence-electron chi connectivity index (χ2n) is 9.45. The topological polar surface area (TPSA) is 117 Å². The molecule has 0 spiro atoms. The van der Waals surface area contributed by atoms with Crippen molar-refractivity contribution >= 4 is 35.2 Å². The van der Waals surface area contributed by atoms with Gasteiger partial charge in [-0.15, -0.1) is 0 Å². The number of carbonyl (C=O) groups excluding carboxylic acids is 1. The highest BCUT2D eigenvalue weighted by Gasteiger charge is 2.30. The molecule has 39 heavy (non-hydrogen) atoms. The Labute approximate surface area is 224 Å². The number of phenolic OH excluding ortho intramolecular Hbond substituents is 1. The van der Waals surface area contributed by atoms with Crippen LogP contribution in [-0.4, -0.2) is 88.6 Å². The van der Waals surface area contributed by atoms with Gasteiger partial charge in [0.25, 0.3) is 5.91 Å². The number of hydrogen-bond donors (Lipinski definition) is 2. The molecule has 0 saturated carbocycles. The first-order valence-electron chi connectivity index (χ1n) is 12.5. The third-order valence-electron chi connectivity index (χ3n) is 7.24. The van der Waals surface area contributed by atoms with E-state index in [2.05, 4.69) is 9.88 Å². The molecule has 10 nitrogen and oxygen atoms in total. The number of carbonyl (C=O) groups is 1. The number of benzene rings is 2. The maximum absolute atomic E-state index is 14.0. The molecule has 0 atom stereocenters. The van der Waals surface area contributed by atoms with E-state index in [9.17, 15) is 24.0 Å². The van der Waals surface area contributed by atoms with Gasteiger partial charge in [-0.3, -0.25) is 19.2 Å². The van der Waals surface area contributed by atoms with Crippen molar-refractivity contribution in [1.82, 2.24) is 19.4 Å². The highest BCUT2D eigenvalue weighted by molar-refractivity contribution is 7.53. The van der Waals surface area contributed by atoms with Crippen LogP contribution in [0.5, 0.6) is 11.6 Å². The van der Waals surface area contributed by atoms with Crippen LogP contribution in [-0.2, 0) is 20.2 Å². The van der Waals surface area contributed by atoms with Crippen LogP contribution in [0.4, 0.5) is 4.39 Å². The van der Waals surface area contributed by atoms with Crippen molar-refractivity contribution in [2.24, 2.45) is 0 Å². The zero-order valence-corrected chi connectivity index (χ0v) is 22.6. The highest BCUT2D eigenvalue weighted by Crippen LogP contribution is 2.46. The average Bonchev–Trinajstić information content (AvgIpc) is 3.28. The lowest BCUT2D eigenvalue weighted by atomic mass is 10.00. The Morgan fingerprint density at radius 1 is 1.05 bits per heavy atom. The third-order valence-corrected chi connectivity index (χ3v) is 9.10. The van der Waals surface area contributed by atoms with E-state index < -0.39 is 7.60 Å². The van der Waals surface area contributed by atoms with Gasteiger partial charge in [-0.05, 0) is 23.8 Å². The summed E-state index contributed by atoms with van der Waals surface area (Å²) in [7, 11) is -0.389.